The van der Waals surface area contributed by atoms with Crippen molar-refractivity contribution >= 4 is 105 Å². The van der Waals surface area contributed by atoms with Crippen molar-refractivity contribution < 1.29 is 29.7 Å². The molecule has 43 heavy (non-hydrogen) atoms. The number of fused-ring (bicyclic) bond motifs is 3. The van der Waals surface area contributed by atoms with E-state index in [1.165, 1.54) is 18.2 Å². The van der Waals surface area contributed by atoms with Crippen molar-refractivity contribution in [2.24, 2.45) is 0 Å². The number of aromatic carboxylic acids is 3. The number of carboxylic acid groups (broad SMARTS) is 3. The summed E-state index contributed by atoms with van der Waals surface area (Å²) in [6, 6.07) is 30.5. The van der Waals surface area contributed by atoms with E-state index in [1.807, 2.05) is 18.2 Å². The van der Waals surface area contributed by atoms with Gasteiger partial charge in [0.15, 0.2) is 0 Å². The van der Waals surface area contributed by atoms with Crippen molar-refractivity contribution in [3.63, 3.8) is 0 Å². The molecule has 0 spiro atoms. The molecule has 0 aliphatic rings. The van der Waals surface area contributed by atoms with Crippen molar-refractivity contribution in [1.29, 1.82) is 0 Å². The van der Waals surface area contributed by atoms with Gasteiger partial charge < -0.3 is 29.7 Å². The summed E-state index contributed by atoms with van der Waals surface area (Å²) < 4.78 is 0. The number of benzene rings is 6. The molecule has 0 heterocycles. The summed E-state index contributed by atoms with van der Waals surface area (Å²) >= 11 is 17.3. The van der Waals surface area contributed by atoms with Gasteiger partial charge in [0.1, 0.15) is 0 Å². The van der Waals surface area contributed by atoms with E-state index in [0.29, 0.717) is 31.2 Å². The molecule has 0 N–H and O–H groups in total. The molecule has 0 atom stereocenters. The summed E-state index contributed by atoms with van der Waals surface area (Å²) in [5, 5.41) is 38.2. The van der Waals surface area contributed by atoms with Gasteiger partial charge >= 0.3 is 19.8 Å². The first-order valence-electron chi connectivity index (χ1n) is 12.2. The SMILES string of the molecule is O=C([O-])c1cccc2ccc(Cl)cc12.O=C([O-])c1cccc2ccc(Cl)cc12.O=C([O-])c1cccc2ccc(Cl)cc12.[Ga+3]. The molecule has 0 fully saturated rings. The maximum absolute atomic E-state index is 10.8. The molecular formula is C33H18Cl3GaO6. The van der Waals surface area contributed by atoms with Gasteiger partial charge in [0.05, 0.1) is 17.9 Å². The molecule has 0 amide bonds. The van der Waals surface area contributed by atoms with Crippen LogP contribution in [0.1, 0.15) is 31.1 Å². The molecule has 0 aromatic heterocycles. The maximum atomic E-state index is 10.8. The van der Waals surface area contributed by atoms with Crippen molar-refractivity contribution in [3.8, 4) is 0 Å². The fourth-order valence-electron chi connectivity index (χ4n) is 4.27. The number of carbonyl (C=O) groups excluding carboxylic acids is 3. The van der Waals surface area contributed by atoms with Gasteiger partial charge in [0.2, 0.25) is 0 Å². The van der Waals surface area contributed by atoms with Crippen LogP contribution >= 0.6 is 34.8 Å². The molecule has 6 aromatic carbocycles. The number of carboxylic acids is 3. The number of carbonyl (C=O) groups is 3. The second-order valence-electron chi connectivity index (χ2n) is 8.88. The van der Waals surface area contributed by atoms with Crippen molar-refractivity contribution in [3.05, 3.63) is 141 Å². The predicted octanol–water partition coefficient (Wildman–Crippen LogP) is 5.19. The molecule has 0 aliphatic heterocycles. The van der Waals surface area contributed by atoms with Crippen LogP contribution in [0.3, 0.4) is 0 Å². The summed E-state index contributed by atoms with van der Waals surface area (Å²) in [6.45, 7) is 0. The average molecular weight is 687 g/mol. The van der Waals surface area contributed by atoms with E-state index in [-0.39, 0.29) is 36.5 Å². The number of hydrogen-bond donors (Lipinski definition) is 0. The molecule has 0 radical (unpaired) electrons. The molecule has 0 saturated carbocycles. The molecule has 210 valence electrons. The van der Waals surface area contributed by atoms with E-state index >= 15 is 0 Å². The van der Waals surface area contributed by atoms with Crippen LogP contribution in [0, 0.1) is 0 Å². The summed E-state index contributed by atoms with van der Waals surface area (Å²) in [6.07, 6.45) is 0. The first kappa shape index (κ1) is 33.5. The van der Waals surface area contributed by atoms with Crippen molar-refractivity contribution in [2.45, 2.75) is 0 Å². The Kier molecular flexibility index (Phi) is 11.7. The third-order valence-electron chi connectivity index (χ3n) is 6.19. The fourth-order valence-corrected chi connectivity index (χ4v) is 4.78. The quantitative estimate of drug-likeness (QED) is 0.237. The second-order valence-corrected chi connectivity index (χ2v) is 10.2. The Morgan fingerprint density at radius 1 is 0.419 bits per heavy atom. The van der Waals surface area contributed by atoms with Crippen LogP contribution in [-0.4, -0.2) is 37.7 Å². The normalized spacial score (nSPS) is 10.1. The predicted molar refractivity (Wildman–Crippen MR) is 166 cm³/mol. The molecule has 6 rings (SSSR count). The van der Waals surface area contributed by atoms with Gasteiger partial charge in [-0.1, -0.05) is 108 Å². The van der Waals surface area contributed by atoms with E-state index in [9.17, 15) is 29.7 Å². The number of hydrogen-bond acceptors (Lipinski definition) is 6. The zero-order valence-corrected chi connectivity index (χ0v) is 26.7. The third-order valence-corrected chi connectivity index (χ3v) is 6.90. The monoisotopic (exact) mass is 684 g/mol. The van der Waals surface area contributed by atoms with Gasteiger partial charge in [-0.3, -0.25) is 0 Å². The zero-order valence-electron chi connectivity index (χ0n) is 22.1. The van der Waals surface area contributed by atoms with Gasteiger partial charge in [-0.2, -0.15) is 0 Å². The Morgan fingerprint density at radius 2 is 0.674 bits per heavy atom. The van der Waals surface area contributed by atoms with Gasteiger partial charge in [-0.05, 0) is 68.7 Å². The van der Waals surface area contributed by atoms with E-state index in [2.05, 4.69) is 0 Å². The smallest absolute Gasteiger partial charge is 0.545 e. The molecular weight excluding hydrogens is 668 g/mol. The fraction of sp³-hybridized carbons (Fsp3) is 0. The Balaban J connectivity index is 0.000000175. The third kappa shape index (κ3) is 8.31. The van der Waals surface area contributed by atoms with E-state index < -0.39 is 17.9 Å². The summed E-state index contributed by atoms with van der Waals surface area (Å²) in [5.41, 5.74) is 0.514. The van der Waals surface area contributed by atoms with Crippen molar-refractivity contribution in [2.75, 3.05) is 0 Å². The van der Waals surface area contributed by atoms with Gasteiger partial charge in [-0.25, -0.2) is 0 Å². The number of halogens is 3. The van der Waals surface area contributed by atoms with E-state index in [4.69, 9.17) is 34.8 Å². The Labute approximate surface area is 274 Å². The average Bonchev–Trinajstić information content (AvgIpc) is 2.96. The minimum Gasteiger partial charge on any atom is -0.545 e. The first-order chi connectivity index (χ1) is 20.0. The van der Waals surface area contributed by atoms with Crippen LogP contribution in [0.2, 0.25) is 15.1 Å². The summed E-state index contributed by atoms with van der Waals surface area (Å²) in [7, 11) is 0. The van der Waals surface area contributed by atoms with Crippen LogP contribution in [0.15, 0.2) is 109 Å². The summed E-state index contributed by atoms with van der Waals surface area (Å²) in [5.74, 6) is -3.55. The second kappa shape index (κ2) is 15.0. The molecule has 10 heteroatoms. The van der Waals surface area contributed by atoms with Crippen LogP contribution in [0.4, 0.5) is 0 Å². The Hall–Kier alpha value is -3.98. The van der Waals surface area contributed by atoms with Crippen LogP contribution < -0.4 is 15.3 Å². The molecule has 6 nitrogen and oxygen atoms in total. The van der Waals surface area contributed by atoms with Gasteiger partial charge in [0.25, 0.3) is 0 Å². The molecule has 0 saturated heterocycles. The van der Waals surface area contributed by atoms with Gasteiger partial charge in [-0.15, -0.1) is 0 Å². The molecule has 0 bridgehead atoms. The van der Waals surface area contributed by atoms with Crippen LogP contribution in [0.25, 0.3) is 32.3 Å². The van der Waals surface area contributed by atoms with Crippen molar-refractivity contribution in [1.82, 2.24) is 0 Å². The van der Waals surface area contributed by atoms with Crippen LogP contribution in [-0.2, 0) is 0 Å². The standard InChI is InChI=1S/3C11H7ClO2.Ga/c3*12-8-5-4-7-2-1-3-9(11(13)14)10(7)6-8;/h3*1-6H,(H,13,14);/q;;;+3/p-3. The Morgan fingerprint density at radius 3 is 0.907 bits per heavy atom. The number of rotatable bonds is 3. The molecule has 0 unspecified atom stereocenters. The summed E-state index contributed by atoms with van der Waals surface area (Å²) in [4.78, 5) is 32.3. The van der Waals surface area contributed by atoms with Crippen LogP contribution in [0.5, 0.6) is 0 Å². The maximum Gasteiger partial charge on any atom is 3.00 e. The topological polar surface area (TPSA) is 120 Å². The largest absolute Gasteiger partial charge is 3.00 e. The molecule has 0 aliphatic carbocycles. The zero-order chi connectivity index (χ0) is 30.4. The Bertz CT molecular complexity index is 1750. The minimum atomic E-state index is -1.18. The first-order valence-corrected chi connectivity index (χ1v) is 13.4. The minimum absolute atomic E-state index is 0. The molecule has 6 aromatic rings. The van der Waals surface area contributed by atoms with Gasteiger partial charge in [0, 0.05) is 31.8 Å². The van der Waals surface area contributed by atoms with E-state index in [1.54, 1.807) is 72.8 Å². The van der Waals surface area contributed by atoms with E-state index in [0.717, 1.165) is 16.2 Å².